The number of benzene rings is 1. The summed E-state index contributed by atoms with van der Waals surface area (Å²) in [5, 5.41) is 0. The minimum Gasteiger partial charge on any atom is -0.461 e. The van der Waals surface area contributed by atoms with E-state index in [4.69, 9.17) is 9.47 Å². The monoisotopic (exact) mass is 380 g/mol. The van der Waals surface area contributed by atoms with Crippen molar-refractivity contribution in [1.82, 2.24) is 0 Å². The highest BCUT2D eigenvalue weighted by molar-refractivity contribution is 5.69. The van der Waals surface area contributed by atoms with Gasteiger partial charge in [0.2, 0.25) is 0 Å². The highest BCUT2D eigenvalue weighted by atomic mass is 16.5. The van der Waals surface area contributed by atoms with Gasteiger partial charge in [-0.15, -0.1) is 0 Å². The number of aryl methyl sites for hydroxylation is 1. The Kier molecular flexibility index (Phi) is 3.82. The molecule has 0 aliphatic heterocycles. The number of hydrogen-bond donors (Lipinski definition) is 0. The minimum atomic E-state index is -0.273. The van der Waals surface area contributed by atoms with Crippen molar-refractivity contribution < 1.29 is 19.1 Å². The Morgan fingerprint density at radius 3 is 2.71 bits per heavy atom. The van der Waals surface area contributed by atoms with E-state index in [1.54, 1.807) is 0 Å². The number of hydrogen-bond acceptors (Lipinski definition) is 4. The first-order valence-corrected chi connectivity index (χ1v) is 10.5. The molecule has 0 amide bonds. The van der Waals surface area contributed by atoms with E-state index in [1.807, 2.05) is 6.07 Å². The lowest BCUT2D eigenvalue weighted by Crippen LogP contribution is -2.53. The van der Waals surface area contributed by atoms with E-state index >= 15 is 0 Å². The van der Waals surface area contributed by atoms with Crippen molar-refractivity contribution >= 4 is 11.9 Å². The van der Waals surface area contributed by atoms with Crippen molar-refractivity contribution in [3.05, 3.63) is 41.5 Å². The SMILES string of the molecule is CC(=O)Oc1ccc2c(c1)CC[C@@H]1[C@@H]2CC[C@]2(C)[C@H](OC(C)=O)[C@H]3C=C[C@@]12C3. The molecule has 1 aromatic rings. The lowest BCUT2D eigenvalue weighted by atomic mass is 9.47. The van der Waals surface area contributed by atoms with Gasteiger partial charge < -0.3 is 9.47 Å². The van der Waals surface area contributed by atoms with E-state index in [0.717, 1.165) is 32.1 Å². The number of carbonyl (C=O) groups is 2. The van der Waals surface area contributed by atoms with Gasteiger partial charge in [0.15, 0.2) is 0 Å². The fourth-order valence-corrected chi connectivity index (χ4v) is 7.21. The fraction of sp³-hybridized carbons (Fsp3) is 0.583. The van der Waals surface area contributed by atoms with Crippen LogP contribution in [0.3, 0.4) is 0 Å². The van der Waals surface area contributed by atoms with Gasteiger partial charge in [0.25, 0.3) is 0 Å². The van der Waals surface area contributed by atoms with Crippen LogP contribution in [-0.4, -0.2) is 18.0 Å². The van der Waals surface area contributed by atoms with Gasteiger partial charge in [0.05, 0.1) is 0 Å². The Balaban J connectivity index is 1.50. The third-order valence-electron chi connectivity index (χ3n) is 8.21. The predicted octanol–water partition coefficient (Wildman–Crippen LogP) is 4.57. The van der Waals surface area contributed by atoms with E-state index in [0.29, 0.717) is 23.5 Å². The molecule has 2 fully saturated rings. The molecule has 4 aliphatic rings. The summed E-state index contributed by atoms with van der Waals surface area (Å²) in [6.45, 7) is 5.34. The van der Waals surface area contributed by atoms with Gasteiger partial charge >= 0.3 is 11.9 Å². The summed E-state index contributed by atoms with van der Waals surface area (Å²) >= 11 is 0. The largest absolute Gasteiger partial charge is 0.461 e. The van der Waals surface area contributed by atoms with Crippen LogP contribution in [0.2, 0.25) is 0 Å². The quantitative estimate of drug-likeness (QED) is 0.429. The highest BCUT2D eigenvalue weighted by Gasteiger charge is 2.69. The third-order valence-corrected chi connectivity index (χ3v) is 8.21. The minimum absolute atomic E-state index is 0.0173. The normalized spacial score (nSPS) is 39.7. The zero-order valence-corrected chi connectivity index (χ0v) is 16.9. The van der Waals surface area contributed by atoms with Gasteiger partial charge in [-0.3, -0.25) is 9.59 Å². The molecule has 0 N–H and O–H groups in total. The molecule has 1 aromatic carbocycles. The van der Waals surface area contributed by atoms with E-state index in [9.17, 15) is 9.59 Å². The van der Waals surface area contributed by atoms with Crippen molar-refractivity contribution in [1.29, 1.82) is 0 Å². The molecule has 0 unspecified atom stereocenters. The van der Waals surface area contributed by atoms with Crippen molar-refractivity contribution in [3.63, 3.8) is 0 Å². The van der Waals surface area contributed by atoms with Crippen molar-refractivity contribution in [2.45, 2.75) is 64.9 Å². The molecule has 0 aromatic heterocycles. The molecule has 4 nitrogen and oxygen atoms in total. The molecule has 2 saturated carbocycles. The molecular weight excluding hydrogens is 352 g/mol. The summed E-state index contributed by atoms with van der Waals surface area (Å²) in [6, 6.07) is 6.18. The van der Waals surface area contributed by atoms with Crippen molar-refractivity contribution in [3.8, 4) is 5.75 Å². The van der Waals surface area contributed by atoms with Gasteiger partial charge in [-0.1, -0.05) is 25.1 Å². The van der Waals surface area contributed by atoms with Gasteiger partial charge in [-0.2, -0.15) is 0 Å². The van der Waals surface area contributed by atoms with Crippen LogP contribution in [0.5, 0.6) is 5.75 Å². The number of carbonyl (C=O) groups excluding carboxylic acids is 2. The molecule has 4 heteroatoms. The third kappa shape index (κ3) is 2.29. The maximum absolute atomic E-state index is 11.8. The molecule has 148 valence electrons. The van der Waals surface area contributed by atoms with Gasteiger partial charge in [0, 0.05) is 30.6 Å². The zero-order valence-electron chi connectivity index (χ0n) is 16.9. The Bertz CT molecular complexity index is 887. The van der Waals surface area contributed by atoms with Crippen LogP contribution in [0, 0.1) is 22.7 Å². The second-order valence-electron chi connectivity index (χ2n) is 9.46. The molecule has 28 heavy (non-hydrogen) atoms. The second-order valence-corrected chi connectivity index (χ2v) is 9.46. The standard InChI is InChI=1S/C24H28O4/c1-14(25)27-18-5-6-19-16(12-18)4-7-21-20(19)9-10-23(3)22(28-15(2)26)17-8-11-24(21,23)13-17/h5-6,8,11-12,17,20-22H,4,7,9-10,13H2,1-3H3/t17-,20+,21+,22+,23+,24+/m0/s1. The number of allylic oxidation sites excluding steroid dienone is 1. The van der Waals surface area contributed by atoms with Crippen LogP contribution in [0.1, 0.15) is 63.5 Å². The Morgan fingerprint density at radius 2 is 1.96 bits per heavy atom. The first kappa shape index (κ1) is 18.0. The molecule has 5 rings (SSSR count). The summed E-state index contributed by atoms with van der Waals surface area (Å²) < 4.78 is 11.2. The number of rotatable bonds is 2. The average Bonchev–Trinajstić information content (AvgIpc) is 3.16. The molecule has 2 bridgehead atoms. The first-order chi connectivity index (χ1) is 13.3. The van der Waals surface area contributed by atoms with Crippen LogP contribution in [0.4, 0.5) is 0 Å². The van der Waals surface area contributed by atoms with E-state index in [2.05, 4.69) is 31.2 Å². The van der Waals surface area contributed by atoms with E-state index in [-0.39, 0.29) is 28.9 Å². The van der Waals surface area contributed by atoms with Crippen molar-refractivity contribution in [2.24, 2.45) is 22.7 Å². The maximum atomic E-state index is 11.8. The fourth-order valence-electron chi connectivity index (χ4n) is 7.21. The number of ether oxygens (including phenoxy) is 2. The Morgan fingerprint density at radius 1 is 1.14 bits per heavy atom. The molecule has 0 radical (unpaired) electrons. The van der Waals surface area contributed by atoms with Crippen LogP contribution in [0.15, 0.2) is 30.4 Å². The average molecular weight is 380 g/mol. The summed E-state index contributed by atoms with van der Waals surface area (Å²) in [5.74, 6) is 1.70. The smallest absolute Gasteiger partial charge is 0.308 e. The molecule has 1 spiro atoms. The summed E-state index contributed by atoms with van der Waals surface area (Å²) in [7, 11) is 0. The van der Waals surface area contributed by atoms with Crippen LogP contribution in [-0.2, 0) is 20.7 Å². The van der Waals surface area contributed by atoms with Gasteiger partial charge in [-0.25, -0.2) is 0 Å². The predicted molar refractivity (Wildman–Crippen MR) is 105 cm³/mol. The van der Waals surface area contributed by atoms with Crippen molar-refractivity contribution in [2.75, 3.05) is 0 Å². The molecule has 0 saturated heterocycles. The Hall–Kier alpha value is -2.10. The Labute approximate surface area is 166 Å². The second kappa shape index (κ2) is 5.95. The van der Waals surface area contributed by atoms with E-state index < -0.39 is 0 Å². The maximum Gasteiger partial charge on any atom is 0.308 e. The topological polar surface area (TPSA) is 52.6 Å². The summed E-state index contributed by atoms with van der Waals surface area (Å²) in [5.41, 5.74) is 2.92. The van der Waals surface area contributed by atoms with Crippen LogP contribution < -0.4 is 4.74 Å². The number of fused-ring (bicyclic) bond motifs is 4. The summed E-state index contributed by atoms with van der Waals surface area (Å²) in [6.07, 6.45) is 10.3. The van der Waals surface area contributed by atoms with Crippen LogP contribution in [0.25, 0.3) is 0 Å². The molecule has 0 heterocycles. The lowest BCUT2D eigenvalue weighted by molar-refractivity contribution is -0.161. The number of esters is 2. The lowest BCUT2D eigenvalue weighted by Gasteiger charge is -2.57. The summed E-state index contributed by atoms with van der Waals surface area (Å²) in [4.78, 5) is 23.1. The van der Waals surface area contributed by atoms with Gasteiger partial charge in [0.1, 0.15) is 11.9 Å². The highest BCUT2D eigenvalue weighted by Crippen LogP contribution is 2.73. The molecular formula is C24H28O4. The van der Waals surface area contributed by atoms with Gasteiger partial charge in [-0.05, 0) is 67.2 Å². The zero-order chi connectivity index (χ0) is 19.7. The van der Waals surface area contributed by atoms with Crippen LogP contribution >= 0.6 is 0 Å². The molecule has 6 atom stereocenters. The molecule has 4 aliphatic carbocycles. The first-order valence-electron chi connectivity index (χ1n) is 10.5. The van der Waals surface area contributed by atoms with E-state index in [1.165, 1.54) is 25.0 Å².